The summed E-state index contributed by atoms with van der Waals surface area (Å²) in [6, 6.07) is 0.354. The van der Waals surface area contributed by atoms with Crippen molar-refractivity contribution in [2.45, 2.75) is 43.9 Å². The Morgan fingerprint density at radius 2 is 1.88 bits per heavy atom. The topological polar surface area (TPSA) is 73.4 Å². The van der Waals surface area contributed by atoms with E-state index >= 15 is 0 Å². The zero-order valence-corrected chi connectivity index (χ0v) is 13.5. The fourth-order valence-electron chi connectivity index (χ4n) is 4.41. The summed E-state index contributed by atoms with van der Waals surface area (Å²) in [7, 11) is 0. The second-order valence-corrected chi connectivity index (χ2v) is 7.41. The number of aromatic nitrogens is 2. The summed E-state index contributed by atoms with van der Waals surface area (Å²) in [5.41, 5.74) is -2.23. The van der Waals surface area contributed by atoms with Crippen molar-refractivity contribution in [3.63, 3.8) is 0 Å². The van der Waals surface area contributed by atoms with Gasteiger partial charge in [0.25, 0.3) is 0 Å². The van der Waals surface area contributed by atoms with Gasteiger partial charge in [-0.2, -0.15) is 18.3 Å². The van der Waals surface area contributed by atoms with E-state index in [0.29, 0.717) is 6.04 Å². The van der Waals surface area contributed by atoms with E-state index in [1.54, 1.807) is 0 Å². The minimum absolute atomic E-state index is 0.141. The molecule has 3 aliphatic rings. The second-order valence-electron chi connectivity index (χ2n) is 7.41. The van der Waals surface area contributed by atoms with Gasteiger partial charge in [-0.25, -0.2) is 0 Å². The molecule has 1 saturated carbocycles. The molecule has 4 rings (SSSR count). The van der Waals surface area contributed by atoms with Crippen molar-refractivity contribution in [3.05, 3.63) is 22.0 Å². The highest BCUT2D eigenvalue weighted by Gasteiger charge is 2.55. The number of alkyl halides is 3. The molecule has 1 aliphatic carbocycles. The molecule has 25 heavy (non-hydrogen) atoms. The maximum atomic E-state index is 12.9. The van der Waals surface area contributed by atoms with Crippen LogP contribution >= 0.6 is 0 Å². The maximum Gasteiger partial charge on any atom is 0.442 e. The molecule has 0 aromatic carbocycles. The summed E-state index contributed by atoms with van der Waals surface area (Å²) >= 11 is 0. The number of ether oxygens (including phenoxy) is 1. The van der Waals surface area contributed by atoms with Crippen LogP contribution in [0, 0.1) is 15.5 Å². The number of rotatable bonds is 3. The van der Waals surface area contributed by atoms with Crippen LogP contribution in [0.5, 0.6) is 0 Å². The molecule has 3 heterocycles. The molecule has 2 saturated heterocycles. The van der Waals surface area contributed by atoms with Crippen molar-refractivity contribution in [3.8, 4) is 0 Å². The third-order valence-corrected chi connectivity index (χ3v) is 5.67. The summed E-state index contributed by atoms with van der Waals surface area (Å²) in [6.07, 6.45) is -0.383. The van der Waals surface area contributed by atoms with Crippen molar-refractivity contribution in [2.24, 2.45) is 5.41 Å². The fraction of sp³-hybridized carbons (Fsp3) is 0.800. The number of likely N-dealkylation sites (tertiary alicyclic amines) is 1. The Morgan fingerprint density at radius 3 is 2.40 bits per heavy atom. The molecule has 10 heteroatoms. The minimum Gasteiger partial charge on any atom is -0.381 e. The summed E-state index contributed by atoms with van der Waals surface area (Å²) in [5.74, 6) is 0. The Hall–Kier alpha value is -1.68. The van der Waals surface area contributed by atoms with Crippen LogP contribution in [0.25, 0.3) is 0 Å². The molecule has 0 N–H and O–H groups in total. The van der Waals surface area contributed by atoms with Crippen LogP contribution in [0.4, 0.5) is 18.9 Å². The van der Waals surface area contributed by atoms with Gasteiger partial charge in [-0.05, 0) is 31.1 Å². The highest BCUT2D eigenvalue weighted by molar-refractivity contribution is 5.35. The molecule has 0 amide bonds. The first-order valence-electron chi connectivity index (χ1n) is 8.40. The predicted molar refractivity (Wildman–Crippen MR) is 80.0 cm³/mol. The quantitative estimate of drug-likeness (QED) is 0.612. The lowest BCUT2D eigenvalue weighted by atomic mass is 9.60. The SMILES string of the molecule is O=[N+]([O-])c1cn(C2CC3(C2)CN(C2CCOCC2)C3)nc1C(F)(F)F. The van der Waals surface area contributed by atoms with Gasteiger partial charge in [0.15, 0.2) is 0 Å². The minimum atomic E-state index is -4.81. The van der Waals surface area contributed by atoms with E-state index in [4.69, 9.17) is 4.74 Å². The number of hydrogen-bond acceptors (Lipinski definition) is 5. The Bertz CT molecular complexity index is 670. The fourth-order valence-corrected chi connectivity index (χ4v) is 4.41. The molecule has 0 bridgehead atoms. The molecule has 138 valence electrons. The van der Waals surface area contributed by atoms with Crippen molar-refractivity contribution < 1.29 is 22.8 Å². The Balaban J connectivity index is 1.39. The maximum absolute atomic E-state index is 12.9. The van der Waals surface area contributed by atoms with Gasteiger partial charge >= 0.3 is 11.9 Å². The van der Waals surface area contributed by atoms with E-state index < -0.39 is 22.5 Å². The molecular weight excluding hydrogens is 341 g/mol. The molecule has 1 aromatic rings. The zero-order valence-electron chi connectivity index (χ0n) is 13.5. The van der Waals surface area contributed by atoms with Crippen LogP contribution in [0.2, 0.25) is 0 Å². The van der Waals surface area contributed by atoms with Crippen molar-refractivity contribution in [1.82, 2.24) is 14.7 Å². The molecule has 7 nitrogen and oxygen atoms in total. The third kappa shape index (κ3) is 2.91. The highest BCUT2D eigenvalue weighted by atomic mass is 19.4. The number of nitrogens with zero attached hydrogens (tertiary/aromatic N) is 4. The van der Waals surface area contributed by atoms with E-state index in [1.807, 2.05) is 0 Å². The standard InChI is InChI=1S/C15H19F3N4O3/c16-15(17,18)13-12(22(23)24)7-21(19-13)11-5-14(6-11)8-20(9-14)10-1-3-25-4-2-10/h7,10-11H,1-6,8-9H2. The lowest BCUT2D eigenvalue weighted by molar-refractivity contribution is -0.388. The molecule has 0 unspecified atom stereocenters. The molecule has 1 aromatic heterocycles. The first kappa shape index (κ1) is 16.8. The normalized spacial score (nSPS) is 24.9. The predicted octanol–water partition coefficient (Wildman–Crippen LogP) is 2.63. The van der Waals surface area contributed by atoms with Crippen LogP contribution in [0.15, 0.2) is 6.20 Å². The second kappa shape index (κ2) is 5.66. The van der Waals surface area contributed by atoms with Gasteiger partial charge in [0.05, 0.1) is 11.0 Å². The average Bonchev–Trinajstić information content (AvgIpc) is 2.91. The third-order valence-electron chi connectivity index (χ3n) is 5.67. The average molecular weight is 360 g/mol. The van der Waals surface area contributed by atoms with Gasteiger partial charge in [-0.3, -0.25) is 19.7 Å². The molecular formula is C15H19F3N4O3. The molecule has 0 radical (unpaired) electrons. The molecule has 0 atom stereocenters. The van der Waals surface area contributed by atoms with Crippen LogP contribution in [-0.4, -0.2) is 51.9 Å². The van der Waals surface area contributed by atoms with E-state index in [2.05, 4.69) is 10.00 Å². The summed E-state index contributed by atoms with van der Waals surface area (Å²) in [4.78, 5) is 12.3. The van der Waals surface area contributed by atoms with E-state index in [1.165, 1.54) is 0 Å². The highest BCUT2D eigenvalue weighted by Crippen LogP contribution is 2.55. The Morgan fingerprint density at radius 1 is 1.24 bits per heavy atom. The number of nitro groups is 1. The largest absolute Gasteiger partial charge is 0.442 e. The molecule has 1 spiro atoms. The van der Waals surface area contributed by atoms with Crippen LogP contribution in [-0.2, 0) is 10.9 Å². The van der Waals surface area contributed by atoms with Gasteiger partial charge < -0.3 is 4.74 Å². The van der Waals surface area contributed by atoms with Crippen LogP contribution in [0.1, 0.15) is 37.4 Å². The van der Waals surface area contributed by atoms with Crippen LogP contribution in [0.3, 0.4) is 0 Å². The van der Waals surface area contributed by atoms with E-state index in [9.17, 15) is 23.3 Å². The van der Waals surface area contributed by atoms with Crippen molar-refractivity contribution in [2.75, 3.05) is 26.3 Å². The lowest BCUT2D eigenvalue weighted by Crippen LogP contribution is -2.65. The first-order valence-corrected chi connectivity index (χ1v) is 8.40. The van der Waals surface area contributed by atoms with Gasteiger partial charge in [-0.1, -0.05) is 0 Å². The Kier molecular flexibility index (Phi) is 3.80. The zero-order chi connectivity index (χ0) is 17.8. The van der Waals surface area contributed by atoms with Crippen LogP contribution < -0.4 is 0 Å². The van der Waals surface area contributed by atoms with Crippen molar-refractivity contribution >= 4 is 5.69 Å². The molecule has 3 fully saturated rings. The van der Waals surface area contributed by atoms with Gasteiger partial charge in [0.1, 0.15) is 6.20 Å². The summed E-state index contributed by atoms with van der Waals surface area (Å²) in [5, 5.41) is 14.3. The van der Waals surface area contributed by atoms with Gasteiger partial charge in [0.2, 0.25) is 5.69 Å². The number of halogens is 3. The van der Waals surface area contributed by atoms with Gasteiger partial charge in [-0.15, -0.1) is 0 Å². The first-order chi connectivity index (χ1) is 11.8. The smallest absolute Gasteiger partial charge is 0.381 e. The monoisotopic (exact) mass is 360 g/mol. The van der Waals surface area contributed by atoms with E-state index in [0.717, 1.165) is 62.9 Å². The summed E-state index contributed by atoms with van der Waals surface area (Å²) in [6.45, 7) is 3.47. The lowest BCUT2D eigenvalue weighted by Gasteiger charge is -2.61. The van der Waals surface area contributed by atoms with Gasteiger partial charge in [0, 0.05) is 32.3 Å². The van der Waals surface area contributed by atoms with Crippen molar-refractivity contribution in [1.29, 1.82) is 0 Å². The molecule has 2 aliphatic heterocycles. The number of hydrogen-bond donors (Lipinski definition) is 0. The summed E-state index contributed by atoms with van der Waals surface area (Å²) < 4.78 is 45.2. The Labute approximate surface area is 141 Å². The van der Waals surface area contributed by atoms with E-state index in [-0.39, 0.29) is 11.5 Å².